The number of benzene rings is 2. The Morgan fingerprint density at radius 1 is 1.13 bits per heavy atom. The van der Waals surface area contributed by atoms with Crippen molar-refractivity contribution < 1.29 is 4.79 Å². The van der Waals surface area contributed by atoms with Crippen LogP contribution in [0.1, 0.15) is 43.0 Å². The first-order valence-corrected chi connectivity index (χ1v) is 8.37. The Labute approximate surface area is 138 Å². The molecule has 23 heavy (non-hydrogen) atoms. The highest BCUT2D eigenvalue weighted by molar-refractivity contribution is 5.78. The van der Waals surface area contributed by atoms with Crippen molar-refractivity contribution in [2.75, 3.05) is 13.1 Å². The summed E-state index contributed by atoms with van der Waals surface area (Å²) in [6.07, 6.45) is 2.28. The minimum atomic E-state index is 0.0430. The molecular weight excluding hydrogens is 284 g/mol. The average Bonchev–Trinajstić information content (AvgIpc) is 3.04. The number of amides is 1. The van der Waals surface area contributed by atoms with E-state index in [4.69, 9.17) is 0 Å². The fourth-order valence-corrected chi connectivity index (χ4v) is 3.36. The normalized spacial score (nSPS) is 19.4. The van der Waals surface area contributed by atoms with Gasteiger partial charge in [0.05, 0.1) is 12.6 Å². The first kappa shape index (κ1) is 15.8. The molecule has 0 aromatic heterocycles. The number of hydrogen-bond donors (Lipinski definition) is 1. The summed E-state index contributed by atoms with van der Waals surface area (Å²) in [5, 5.41) is 3.11. The highest BCUT2D eigenvalue weighted by Gasteiger charge is 2.27. The van der Waals surface area contributed by atoms with Crippen LogP contribution in [0.5, 0.6) is 0 Å². The third kappa shape index (κ3) is 3.99. The zero-order chi connectivity index (χ0) is 16.1. The zero-order valence-corrected chi connectivity index (χ0v) is 13.6. The third-order valence-electron chi connectivity index (χ3n) is 4.57. The van der Waals surface area contributed by atoms with Crippen LogP contribution in [-0.4, -0.2) is 23.9 Å². The molecule has 1 fully saturated rings. The van der Waals surface area contributed by atoms with E-state index in [0.29, 0.717) is 12.6 Å². The summed E-state index contributed by atoms with van der Waals surface area (Å²) in [4.78, 5) is 14.7. The van der Waals surface area contributed by atoms with Crippen molar-refractivity contribution in [2.45, 2.75) is 31.8 Å². The van der Waals surface area contributed by atoms with E-state index in [1.165, 1.54) is 5.56 Å². The van der Waals surface area contributed by atoms with Crippen LogP contribution < -0.4 is 5.32 Å². The largest absolute Gasteiger partial charge is 0.348 e. The summed E-state index contributed by atoms with van der Waals surface area (Å²) >= 11 is 0. The molecule has 1 aliphatic heterocycles. The summed E-state index contributed by atoms with van der Waals surface area (Å²) in [7, 11) is 0. The maximum Gasteiger partial charge on any atom is 0.234 e. The second kappa shape index (κ2) is 7.42. The molecule has 0 unspecified atom stereocenters. The second-order valence-electron chi connectivity index (χ2n) is 6.24. The summed E-state index contributed by atoms with van der Waals surface area (Å²) in [5.41, 5.74) is 2.45. The molecule has 3 heteroatoms. The Morgan fingerprint density at radius 2 is 1.78 bits per heavy atom. The molecule has 3 nitrogen and oxygen atoms in total. The monoisotopic (exact) mass is 308 g/mol. The van der Waals surface area contributed by atoms with Gasteiger partial charge in [-0.3, -0.25) is 9.69 Å². The maximum atomic E-state index is 12.4. The lowest BCUT2D eigenvalue weighted by atomic mass is 10.0. The van der Waals surface area contributed by atoms with Gasteiger partial charge in [-0.2, -0.15) is 0 Å². The van der Waals surface area contributed by atoms with Crippen LogP contribution in [0.25, 0.3) is 0 Å². The minimum Gasteiger partial charge on any atom is -0.348 e. The molecule has 1 amide bonds. The van der Waals surface area contributed by atoms with Crippen molar-refractivity contribution in [3.63, 3.8) is 0 Å². The first-order valence-electron chi connectivity index (χ1n) is 8.37. The van der Waals surface area contributed by atoms with Crippen LogP contribution >= 0.6 is 0 Å². The van der Waals surface area contributed by atoms with Gasteiger partial charge in [-0.05, 0) is 37.4 Å². The average molecular weight is 308 g/mol. The van der Waals surface area contributed by atoms with Crippen LogP contribution in [0, 0.1) is 0 Å². The molecule has 120 valence electrons. The molecule has 0 saturated carbocycles. The van der Waals surface area contributed by atoms with E-state index >= 15 is 0 Å². The van der Waals surface area contributed by atoms with Gasteiger partial charge in [0.2, 0.25) is 5.91 Å². The number of rotatable bonds is 5. The Hall–Kier alpha value is -2.13. The Kier molecular flexibility index (Phi) is 5.09. The highest BCUT2D eigenvalue weighted by Crippen LogP contribution is 2.31. The van der Waals surface area contributed by atoms with E-state index < -0.39 is 0 Å². The third-order valence-corrected chi connectivity index (χ3v) is 4.57. The number of nitrogens with one attached hydrogen (secondary N) is 1. The van der Waals surface area contributed by atoms with E-state index in [1.54, 1.807) is 0 Å². The minimum absolute atomic E-state index is 0.0430. The Morgan fingerprint density at radius 3 is 2.48 bits per heavy atom. The van der Waals surface area contributed by atoms with Gasteiger partial charge in [0.15, 0.2) is 0 Å². The lowest BCUT2D eigenvalue weighted by Crippen LogP contribution is -2.38. The summed E-state index contributed by atoms with van der Waals surface area (Å²) in [6.45, 7) is 3.50. The van der Waals surface area contributed by atoms with Gasteiger partial charge in [0.1, 0.15) is 0 Å². The Bertz CT molecular complexity index is 627. The van der Waals surface area contributed by atoms with E-state index in [9.17, 15) is 4.79 Å². The predicted octanol–water partition coefficient (Wildman–Crippen LogP) is 3.70. The zero-order valence-electron chi connectivity index (χ0n) is 13.6. The smallest absolute Gasteiger partial charge is 0.234 e. The van der Waals surface area contributed by atoms with Crippen molar-refractivity contribution in [2.24, 2.45) is 0 Å². The van der Waals surface area contributed by atoms with Crippen molar-refractivity contribution >= 4 is 5.91 Å². The SMILES string of the molecule is C[C@@H](NC(=O)CN1CCC[C@H]1c1ccccc1)c1ccccc1. The number of hydrogen-bond acceptors (Lipinski definition) is 2. The van der Waals surface area contributed by atoms with Gasteiger partial charge in [0.25, 0.3) is 0 Å². The molecule has 3 rings (SSSR count). The lowest BCUT2D eigenvalue weighted by molar-refractivity contribution is -0.123. The van der Waals surface area contributed by atoms with E-state index in [2.05, 4.69) is 34.5 Å². The second-order valence-corrected chi connectivity index (χ2v) is 6.24. The van der Waals surface area contributed by atoms with Gasteiger partial charge in [-0.25, -0.2) is 0 Å². The molecule has 0 aliphatic carbocycles. The van der Waals surface area contributed by atoms with Crippen LogP contribution in [0.4, 0.5) is 0 Å². The van der Waals surface area contributed by atoms with Gasteiger partial charge < -0.3 is 5.32 Å². The number of carbonyl (C=O) groups is 1. The fourth-order valence-electron chi connectivity index (χ4n) is 3.36. The van der Waals surface area contributed by atoms with Gasteiger partial charge in [0, 0.05) is 6.04 Å². The summed E-state index contributed by atoms with van der Waals surface area (Å²) in [5.74, 6) is 0.101. The maximum absolute atomic E-state index is 12.4. The molecule has 1 saturated heterocycles. The number of likely N-dealkylation sites (tertiary alicyclic amines) is 1. The quantitative estimate of drug-likeness (QED) is 0.913. The molecule has 2 atom stereocenters. The van der Waals surface area contributed by atoms with E-state index in [-0.39, 0.29) is 11.9 Å². The molecule has 2 aromatic rings. The fraction of sp³-hybridized carbons (Fsp3) is 0.350. The molecule has 1 aliphatic rings. The van der Waals surface area contributed by atoms with Gasteiger partial charge in [-0.15, -0.1) is 0 Å². The van der Waals surface area contributed by atoms with Crippen LogP contribution in [0.3, 0.4) is 0 Å². The van der Waals surface area contributed by atoms with Gasteiger partial charge >= 0.3 is 0 Å². The standard InChI is InChI=1S/C20H24N2O/c1-16(17-9-4-2-5-10-17)21-20(23)15-22-14-8-13-19(22)18-11-6-3-7-12-18/h2-7,9-12,16,19H,8,13-15H2,1H3,(H,21,23)/t16-,19+/m1/s1. The molecular formula is C20H24N2O. The van der Waals surface area contributed by atoms with Crippen molar-refractivity contribution in [3.8, 4) is 0 Å². The lowest BCUT2D eigenvalue weighted by Gasteiger charge is -2.25. The van der Waals surface area contributed by atoms with Crippen molar-refractivity contribution in [3.05, 3.63) is 71.8 Å². The predicted molar refractivity (Wildman–Crippen MR) is 93.0 cm³/mol. The topological polar surface area (TPSA) is 32.3 Å². The van der Waals surface area contributed by atoms with Crippen molar-refractivity contribution in [1.29, 1.82) is 0 Å². The van der Waals surface area contributed by atoms with Crippen LogP contribution in [-0.2, 0) is 4.79 Å². The molecule has 0 spiro atoms. The molecule has 0 bridgehead atoms. The number of carbonyl (C=O) groups excluding carboxylic acids is 1. The van der Waals surface area contributed by atoms with Crippen LogP contribution in [0.2, 0.25) is 0 Å². The molecule has 0 radical (unpaired) electrons. The van der Waals surface area contributed by atoms with Crippen LogP contribution in [0.15, 0.2) is 60.7 Å². The molecule has 2 aromatic carbocycles. The van der Waals surface area contributed by atoms with Gasteiger partial charge in [-0.1, -0.05) is 60.7 Å². The van der Waals surface area contributed by atoms with Crippen molar-refractivity contribution in [1.82, 2.24) is 10.2 Å². The molecule has 1 heterocycles. The number of nitrogens with zero attached hydrogens (tertiary/aromatic N) is 1. The van der Waals surface area contributed by atoms with E-state index in [1.807, 2.05) is 43.3 Å². The highest BCUT2D eigenvalue weighted by atomic mass is 16.2. The first-order chi connectivity index (χ1) is 11.2. The Balaban J connectivity index is 1.59. The molecule has 1 N–H and O–H groups in total. The van der Waals surface area contributed by atoms with E-state index in [0.717, 1.165) is 24.9 Å². The summed E-state index contributed by atoms with van der Waals surface area (Å²) < 4.78 is 0. The summed E-state index contributed by atoms with van der Waals surface area (Å²) in [6, 6.07) is 21.0.